The molecule has 1 aliphatic heterocycles. The van der Waals surface area contributed by atoms with Crippen LogP contribution in [0.2, 0.25) is 5.15 Å². The molecule has 2 aliphatic carbocycles. The number of anilines is 1. The van der Waals surface area contributed by atoms with E-state index >= 15 is 0 Å². The van der Waals surface area contributed by atoms with Crippen LogP contribution in [0.4, 0.5) is 5.82 Å². The number of ether oxygens (including phenoxy) is 3. The van der Waals surface area contributed by atoms with Gasteiger partial charge in [-0.2, -0.15) is 9.97 Å². The lowest BCUT2D eigenvalue weighted by Crippen LogP contribution is -2.07. The molecule has 13 nitrogen and oxygen atoms in total. The van der Waals surface area contributed by atoms with Gasteiger partial charge in [-0.15, -0.1) is 0 Å². The fraction of sp³-hybridized carbons (Fsp3) is 0.404. The van der Waals surface area contributed by atoms with Crippen LogP contribution in [-0.4, -0.2) is 66.3 Å². The second kappa shape index (κ2) is 26.6. The Labute approximate surface area is 367 Å². The number of hydrogen-bond donors (Lipinski definition) is 2. The van der Waals surface area contributed by atoms with Crippen LogP contribution < -0.4 is 20.5 Å². The minimum Gasteiger partial charge on any atom is -0.477 e. The number of nitrogens with two attached hydrogens (primary N) is 1. The van der Waals surface area contributed by atoms with E-state index in [-0.39, 0.29) is 22.3 Å². The van der Waals surface area contributed by atoms with E-state index in [9.17, 15) is 0 Å². The fourth-order valence-corrected chi connectivity index (χ4v) is 6.39. The minimum atomic E-state index is 0. The standard InChI is InChI=1S/C20H21N5O.C14H14ClN3O.C6H8N2.C4H8O.3CH4/c1-14-24-19(23-12-15-5-8-21-9-6-15)11-20(25-14)26-13-16-10-17(16)18-4-2-3-7-22-18;1-9-17-13(15)7-14(18-9)19-8-10-6-11(10)12-4-2-3-5-16-12;7-5-6-1-3-8-4-2-6;1-2-4-5-3-1;;;/h2-9,11,16-17H,10,12-13H2,1H3,(H,23,24,25);2-5,7,10-11H,6,8H2,1H3;1-4H,5,7H2;1-4H2;3*1H4/t16-,17+;10-,11+;;;;;/m11...../s1. The zero-order valence-electron chi connectivity index (χ0n) is 33.0. The van der Waals surface area contributed by atoms with Crippen molar-refractivity contribution < 1.29 is 14.2 Å². The number of nitrogens with zero attached hydrogens (tertiary/aromatic N) is 8. The summed E-state index contributed by atoms with van der Waals surface area (Å²) in [5, 5.41) is 3.73. The van der Waals surface area contributed by atoms with Crippen LogP contribution in [0, 0.1) is 25.7 Å². The topological polar surface area (TPSA) is 169 Å². The third-order valence-electron chi connectivity index (χ3n) is 9.50. The Morgan fingerprint density at radius 2 is 1.16 bits per heavy atom. The Bertz CT molecular complexity index is 2060. The average Bonchev–Trinajstić information content (AvgIpc) is 4.16. The van der Waals surface area contributed by atoms with Gasteiger partial charge >= 0.3 is 0 Å². The second-order valence-corrected chi connectivity index (χ2v) is 14.5. The summed E-state index contributed by atoms with van der Waals surface area (Å²) in [4.78, 5) is 33.7. The van der Waals surface area contributed by atoms with E-state index in [4.69, 9.17) is 31.5 Å². The molecule has 0 spiro atoms. The molecular weight excluding hydrogens is 788 g/mol. The first-order valence-electron chi connectivity index (χ1n) is 19.7. The van der Waals surface area contributed by atoms with Gasteiger partial charge in [0.25, 0.3) is 0 Å². The van der Waals surface area contributed by atoms with Gasteiger partial charge in [-0.3, -0.25) is 19.9 Å². The maximum atomic E-state index is 5.93. The van der Waals surface area contributed by atoms with Gasteiger partial charge in [0.2, 0.25) is 11.8 Å². The number of pyridine rings is 4. The lowest BCUT2D eigenvalue weighted by atomic mass is 10.2. The summed E-state index contributed by atoms with van der Waals surface area (Å²) in [5.74, 6) is 5.28. The predicted molar refractivity (Wildman–Crippen MR) is 244 cm³/mol. The highest BCUT2D eigenvalue weighted by molar-refractivity contribution is 6.29. The number of hydrogen-bond acceptors (Lipinski definition) is 13. The van der Waals surface area contributed by atoms with Crippen molar-refractivity contribution in [3.05, 3.63) is 149 Å². The summed E-state index contributed by atoms with van der Waals surface area (Å²) < 4.78 is 16.6. The second-order valence-electron chi connectivity index (χ2n) is 14.1. The molecule has 0 radical (unpaired) electrons. The summed E-state index contributed by atoms with van der Waals surface area (Å²) in [7, 11) is 0. The molecule has 0 unspecified atom stereocenters. The van der Waals surface area contributed by atoms with Gasteiger partial charge in [-0.25, -0.2) is 9.97 Å². The first kappa shape index (κ1) is 49.7. The Morgan fingerprint density at radius 1 is 0.656 bits per heavy atom. The quantitative estimate of drug-likeness (QED) is 0.112. The third-order valence-corrected chi connectivity index (χ3v) is 9.70. The summed E-state index contributed by atoms with van der Waals surface area (Å²) >= 11 is 5.86. The van der Waals surface area contributed by atoms with Crippen LogP contribution in [-0.2, 0) is 17.8 Å². The van der Waals surface area contributed by atoms with Crippen LogP contribution in [0.15, 0.2) is 110 Å². The monoisotopic (exact) mass is 850 g/mol. The molecule has 6 aromatic rings. The average molecular weight is 852 g/mol. The Morgan fingerprint density at radius 3 is 1.61 bits per heavy atom. The van der Waals surface area contributed by atoms with E-state index in [0.717, 1.165) is 54.4 Å². The highest BCUT2D eigenvalue weighted by Crippen LogP contribution is 2.47. The van der Waals surface area contributed by atoms with Gasteiger partial charge in [0.1, 0.15) is 22.6 Å². The SMILES string of the molecule is C.C.C.C1CCOC1.Cc1nc(Cl)cc(OC[C@H]2C[C@@H]2c2ccccn2)n1.Cc1nc(NCc2ccncc2)cc(OC[C@H]2C[C@@H]2c2ccccn2)n1.NCc1ccncc1. The molecule has 1 saturated heterocycles. The smallest absolute Gasteiger partial charge is 0.218 e. The Balaban J connectivity index is 0.000000247. The van der Waals surface area contributed by atoms with Crippen molar-refractivity contribution in [2.75, 3.05) is 31.7 Å². The summed E-state index contributed by atoms with van der Waals surface area (Å²) in [6, 6.07) is 23.3. The highest BCUT2D eigenvalue weighted by Gasteiger charge is 2.40. The number of rotatable bonds is 12. The van der Waals surface area contributed by atoms with E-state index in [1.165, 1.54) is 12.8 Å². The molecule has 14 heteroatoms. The van der Waals surface area contributed by atoms with E-state index in [1.54, 1.807) is 37.8 Å². The molecule has 9 rings (SSSR count). The molecule has 326 valence electrons. The molecule has 0 amide bonds. The van der Waals surface area contributed by atoms with Gasteiger partial charge in [0.05, 0.1) is 13.2 Å². The lowest BCUT2D eigenvalue weighted by Gasteiger charge is -2.10. The first-order chi connectivity index (χ1) is 28.4. The first-order valence-corrected chi connectivity index (χ1v) is 20.0. The molecule has 0 bridgehead atoms. The lowest BCUT2D eigenvalue weighted by molar-refractivity contribution is 0.198. The zero-order valence-corrected chi connectivity index (χ0v) is 33.8. The Hall–Kier alpha value is -5.63. The van der Waals surface area contributed by atoms with Crippen molar-refractivity contribution in [1.29, 1.82) is 0 Å². The third kappa shape index (κ3) is 17.5. The van der Waals surface area contributed by atoms with Crippen molar-refractivity contribution in [2.24, 2.45) is 17.6 Å². The zero-order chi connectivity index (χ0) is 40.4. The summed E-state index contributed by atoms with van der Waals surface area (Å²) in [6.45, 7) is 8.26. The van der Waals surface area contributed by atoms with E-state index in [1.807, 2.05) is 73.9 Å². The van der Waals surface area contributed by atoms with Crippen LogP contribution in [0.1, 0.15) is 94.0 Å². The Kier molecular flexibility index (Phi) is 21.6. The van der Waals surface area contributed by atoms with E-state index < -0.39 is 0 Å². The predicted octanol–water partition coefficient (Wildman–Crippen LogP) is 9.63. The van der Waals surface area contributed by atoms with Crippen LogP contribution in [0.5, 0.6) is 11.8 Å². The van der Waals surface area contributed by atoms with Crippen molar-refractivity contribution in [2.45, 2.75) is 86.7 Å². The number of nitrogens with one attached hydrogen (secondary N) is 1. The van der Waals surface area contributed by atoms with Crippen molar-refractivity contribution >= 4 is 17.4 Å². The number of aryl methyl sites for hydroxylation is 2. The van der Waals surface area contributed by atoms with Crippen LogP contribution in [0.3, 0.4) is 0 Å². The van der Waals surface area contributed by atoms with Gasteiger partial charge < -0.3 is 25.3 Å². The van der Waals surface area contributed by atoms with Gasteiger partial charge in [-0.05, 0) is 99.2 Å². The molecule has 7 heterocycles. The molecule has 2 saturated carbocycles. The fourth-order valence-electron chi connectivity index (χ4n) is 6.17. The normalized spacial score (nSPS) is 17.6. The largest absolute Gasteiger partial charge is 0.477 e. The van der Waals surface area contributed by atoms with Crippen LogP contribution >= 0.6 is 11.6 Å². The number of halogens is 1. The van der Waals surface area contributed by atoms with Crippen molar-refractivity contribution in [1.82, 2.24) is 39.9 Å². The van der Waals surface area contributed by atoms with Crippen LogP contribution in [0.25, 0.3) is 0 Å². The van der Waals surface area contributed by atoms with Gasteiger partial charge in [0, 0.05) is 111 Å². The molecule has 61 heavy (non-hydrogen) atoms. The molecule has 6 aromatic heterocycles. The van der Waals surface area contributed by atoms with E-state index in [0.29, 0.717) is 78.5 Å². The maximum Gasteiger partial charge on any atom is 0.218 e. The maximum absolute atomic E-state index is 5.93. The number of aromatic nitrogens is 8. The minimum absolute atomic E-state index is 0. The highest BCUT2D eigenvalue weighted by atomic mass is 35.5. The molecular formula is C47H63ClN10O3. The summed E-state index contributed by atoms with van der Waals surface area (Å²) in [6.07, 6.45) is 15.5. The van der Waals surface area contributed by atoms with E-state index in [2.05, 4.69) is 57.3 Å². The molecule has 3 N–H and O–H groups in total. The van der Waals surface area contributed by atoms with Crippen molar-refractivity contribution in [3.8, 4) is 11.8 Å². The molecule has 0 aromatic carbocycles. The summed E-state index contributed by atoms with van der Waals surface area (Å²) in [5.41, 5.74) is 9.89. The van der Waals surface area contributed by atoms with Gasteiger partial charge in [-0.1, -0.05) is 46.0 Å². The van der Waals surface area contributed by atoms with Crippen molar-refractivity contribution in [3.63, 3.8) is 0 Å². The molecule has 3 fully saturated rings. The van der Waals surface area contributed by atoms with Gasteiger partial charge in [0.15, 0.2) is 0 Å². The molecule has 4 atom stereocenters. The molecule has 3 aliphatic rings.